The van der Waals surface area contributed by atoms with Gasteiger partial charge in [0.1, 0.15) is 0 Å². The summed E-state index contributed by atoms with van der Waals surface area (Å²) in [7, 11) is 2.11. The van der Waals surface area contributed by atoms with E-state index in [1.807, 2.05) is 39.5 Å². The molecule has 5 aromatic rings. The van der Waals surface area contributed by atoms with Crippen LogP contribution in [0.1, 0.15) is 40.9 Å². The van der Waals surface area contributed by atoms with Crippen molar-refractivity contribution in [1.29, 1.82) is 0 Å². The molecular formula is C40H45N7O2. The summed E-state index contributed by atoms with van der Waals surface area (Å²) >= 11 is 0. The molecule has 2 fully saturated rings. The maximum atomic E-state index is 14.1. The number of likely N-dealkylation sites (N-methyl/N-ethyl adjacent to an activating group) is 1. The van der Waals surface area contributed by atoms with Gasteiger partial charge in [0.15, 0.2) is 0 Å². The number of likely N-dealkylation sites (tertiary alicyclic amines) is 1. The average molecular weight is 656 g/mol. The largest absolute Gasteiger partial charge is 0.347 e. The van der Waals surface area contributed by atoms with Gasteiger partial charge in [-0.2, -0.15) is 0 Å². The lowest BCUT2D eigenvalue weighted by atomic mass is 9.96. The topological polar surface area (TPSA) is 69.9 Å². The number of aromatic nitrogens is 3. The third kappa shape index (κ3) is 6.35. The summed E-state index contributed by atoms with van der Waals surface area (Å²) in [6, 6.07) is 23.2. The number of aryl methyl sites for hydroxylation is 1. The zero-order valence-electron chi connectivity index (χ0n) is 28.4. The molecule has 3 amide bonds. The van der Waals surface area contributed by atoms with Crippen molar-refractivity contribution < 1.29 is 9.59 Å². The highest BCUT2D eigenvalue weighted by molar-refractivity contribution is 6.06. The van der Waals surface area contributed by atoms with Gasteiger partial charge >= 0.3 is 6.03 Å². The van der Waals surface area contributed by atoms with Gasteiger partial charge in [-0.3, -0.25) is 9.69 Å². The number of carbonyl (C=O) groups excluding carboxylic acids is 2. The smallest absolute Gasteiger partial charge is 0.324 e. The minimum atomic E-state index is 0.0950. The van der Waals surface area contributed by atoms with Crippen molar-refractivity contribution in [3.8, 4) is 11.1 Å². The van der Waals surface area contributed by atoms with E-state index in [1.54, 1.807) is 0 Å². The summed E-state index contributed by atoms with van der Waals surface area (Å²) in [6.45, 7) is 7.07. The normalized spacial score (nSPS) is 17.4. The molecule has 0 radical (unpaired) electrons. The van der Waals surface area contributed by atoms with Crippen molar-refractivity contribution in [1.82, 2.24) is 28.8 Å². The summed E-state index contributed by atoms with van der Waals surface area (Å²) in [5.74, 6) is 0.563. The van der Waals surface area contributed by atoms with E-state index in [0.29, 0.717) is 12.5 Å². The summed E-state index contributed by atoms with van der Waals surface area (Å²) in [4.78, 5) is 40.5. The lowest BCUT2D eigenvalue weighted by Crippen LogP contribution is -2.48. The van der Waals surface area contributed by atoms with Crippen LogP contribution in [0.15, 0.2) is 91.6 Å². The minimum Gasteiger partial charge on any atom is -0.347 e. The Morgan fingerprint density at radius 3 is 2.43 bits per heavy atom. The second kappa shape index (κ2) is 13.6. The monoisotopic (exact) mass is 655 g/mol. The number of urea groups is 1. The Bertz CT molecular complexity index is 1960. The third-order valence-corrected chi connectivity index (χ3v) is 10.8. The van der Waals surface area contributed by atoms with E-state index < -0.39 is 0 Å². The maximum absolute atomic E-state index is 14.1. The van der Waals surface area contributed by atoms with Gasteiger partial charge in [0.2, 0.25) is 0 Å². The first-order valence-corrected chi connectivity index (χ1v) is 17.8. The number of imidazole rings is 1. The first-order chi connectivity index (χ1) is 24.0. The molecule has 49 heavy (non-hydrogen) atoms. The number of carbonyl (C=O) groups is 2. The highest BCUT2D eigenvalue weighted by Crippen LogP contribution is 2.34. The number of hydrogen-bond acceptors (Lipinski definition) is 4. The molecule has 0 bridgehead atoms. The zero-order valence-corrected chi connectivity index (χ0v) is 28.4. The van der Waals surface area contributed by atoms with Gasteiger partial charge in [-0.15, -0.1) is 0 Å². The molecule has 0 spiro atoms. The number of para-hydroxylation sites is 1. The van der Waals surface area contributed by atoms with Crippen molar-refractivity contribution in [2.75, 3.05) is 57.8 Å². The van der Waals surface area contributed by atoms with Crippen LogP contribution in [0.25, 0.3) is 21.9 Å². The fourth-order valence-electron chi connectivity index (χ4n) is 7.94. The van der Waals surface area contributed by atoms with Crippen LogP contribution in [0, 0.1) is 5.92 Å². The molecule has 0 saturated carbocycles. The highest BCUT2D eigenvalue weighted by atomic mass is 16.2. The number of hydrogen-bond donors (Lipinski definition) is 0. The number of piperazine rings is 1. The van der Waals surface area contributed by atoms with Crippen LogP contribution >= 0.6 is 0 Å². The van der Waals surface area contributed by atoms with E-state index in [-0.39, 0.29) is 11.9 Å². The standard InChI is InChI=1S/C40H45N7O2/c1-42-20-22-44(23-21-42)39(48)37-28-43(27-36(37)35-13-6-10-31-8-2-4-12-34(31)35)26-33-24-41-29-46(33)25-30-15-18-45(19-16-30)40(49)47-17-7-11-32-9-3-5-14-38(32)47/h2-6,8-10,12-14,24,27-30H,7,11,15-23,25-26H2,1H3. The van der Waals surface area contributed by atoms with Crippen molar-refractivity contribution in [2.24, 2.45) is 5.92 Å². The van der Waals surface area contributed by atoms with Crippen LogP contribution in [0.5, 0.6) is 0 Å². The fraction of sp³-hybridized carbons (Fsp3) is 0.375. The zero-order chi connectivity index (χ0) is 33.3. The molecule has 5 heterocycles. The molecule has 0 N–H and O–H groups in total. The molecular weight excluding hydrogens is 610 g/mol. The van der Waals surface area contributed by atoms with Gasteiger partial charge in [-0.25, -0.2) is 9.78 Å². The van der Waals surface area contributed by atoms with E-state index >= 15 is 0 Å². The summed E-state index contributed by atoms with van der Waals surface area (Å²) in [5, 5.41) is 2.31. The van der Waals surface area contributed by atoms with Crippen LogP contribution < -0.4 is 4.90 Å². The number of rotatable bonds is 6. The molecule has 3 aliphatic heterocycles. The van der Waals surface area contributed by atoms with Gasteiger partial charge < -0.3 is 23.8 Å². The number of anilines is 1. The van der Waals surface area contributed by atoms with Crippen LogP contribution in [-0.4, -0.2) is 93.6 Å². The van der Waals surface area contributed by atoms with Crippen molar-refractivity contribution >= 4 is 28.4 Å². The second-order valence-electron chi connectivity index (χ2n) is 14.0. The van der Waals surface area contributed by atoms with Gasteiger partial charge in [-0.1, -0.05) is 60.7 Å². The number of fused-ring (bicyclic) bond motifs is 2. The predicted molar refractivity (Wildman–Crippen MR) is 194 cm³/mol. The quantitative estimate of drug-likeness (QED) is 0.218. The molecule has 0 unspecified atom stereocenters. The van der Waals surface area contributed by atoms with E-state index in [1.165, 1.54) is 5.56 Å². The van der Waals surface area contributed by atoms with Crippen LogP contribution in [0.3, 0.4) is 0 Å². The van der Waals surface area contributed by atoms with Crippen LogP contribution in [0.2, 0.25) is 0 Å². The summed E-state index contributed by atoms with van der Waals surface area (Å²) in [6.07, 6.45) is 12.1. The molecule has 2 saturated heterocycles. The molecule has 0 aliphatic carbocycles. The molecule has 3 aromatic carbocycles. The molecule has 9 nitrogen and oxygen atoms in total. The molecule has 8 rings (SSSR count). The Labute approximate surface area is 288 Å². The Morgan fingerprint density at radius 1 is 0.796 bits per heavy atom. The van der Waals surface area contributed by atoms with Gasteiger partial charge in [0.25, 0.3) is 5.91 Å². The van der Waals surface area contributed by atoms with Crippen LogP contribution in [0.4, 0.5) is 10.5 Å². The van der Waals surface area contributed by atoms with E-state index in [2.05, 4.69) is 92.9 Å². The SMILES string of the molecule is CN1CCN(C(=O)c2cn(Cc3cncn3CC3CCN(C(=O)N4CCCc5ccccc54)CC3)cc2-c2cccc3ccccc23)CC1. The Kier molecular flexibility index (Phi) is 8.68. The maximum Gasteiger partial charge on any atom is 0.324 e. The molecule has 0 atom stereocenters. The third-order valence-electron chi connectivity index (χ3n) is 10.8. The molecule has 2 aromatic heterocycles. The lowest BCUT2D eigenvalue weighted by Gasteiger charge is -2.38. The minimum absolute atomic E-state index is 0.0950. The second-order valence-corrected chi connectivity index (χ2v) is 14.0. The number of benzene rings is 3. The van der Waals surface area contributed by atoms with Gasteiger partial charge in [0, 0.05) is 82.2 Å². The average Bonchev–Trinajstić information content (AvgIpc) is 3.77. The summed E-state index contributed by atoms with van der Waals surface area (Å²) in [5.41, 5.74) is 6.26. The van der Waals surface area contributed by atoms with Gasteiger partial charge in [0.05, 0.1) is 24.1 Å². The van der Waals surface area contributed by atoms with Crippen molar-refractivity contribution in [3.05, 3.63) is 108 Å². The van der Waals surface area contributed by atoms with E-state index in [4.69, 9.17) is 0 Å². The van der Waals surface area contributed by atoms with Crippen LogP contribution in [-0.2, 0) is 19.5 Å². The van der Waals surface area contributed by atoms with Crippen molar-refractivity contribution in [2.45, 2.75) is 38.8 Å². The molecule has 3 aliphatic rings. The first-order valence-electron chi connectivity index (χ1n) is 17.8. The predicted octanol–water partition coefficient (Wildman–Crippen LogP) is 6.23. The Morgan fingerprint density at radius 2 is 1.57 bits per heavy atom. The summed E-state index contributed by atoms with van der Waals surface area (Å²) < 4.78 is 4.42. The number of amides is 3. The van der Waals surface area contributed by atoms with E-state index in [0.717, 1.165) is 117 Å². The van der Waals surface area contributed by atoms with Crippen molar-refractivity contribution in [3.63, 3.8) is 0 Å². The molecule has 252 valence electrons. The molecule has 9 heteroatoms. The number of piperidine rings is 1. The first kappa shape index (κ1) is 31.4. The Balaban J connectivity index is 0.985. The fourth-order valence-corrected chi connectivity index (χ4v) is 7.94. The van der Waals surface area contributed by atoms with E-state index in [9.17, 15) is 9.59 Å². The Hall–Kier alpha value is -4.89. The highest BCUT2D eigenvalue weighted by Gasteiger charge is 2.30. The number of nitrogens with zero attached hydrogens (tertiary/aromatic N) is 7. The van der Waals surface area contributed by atoms with Gasteiger partial charge in [-0.05, 0) is 66.6 Å². The lowest BCUT2D eigenvalue weighted by molar-refractivity contribution is 0.0665.